The number of esters is 1. The minimum Gasteiger partial charge on any atom is -0.425 e. The fourth-order valence-electron chi connectivity index (χ4n) is 2.99. The number of unbranched alkanes of at least 4 members (excludes halogenated alkanes) is 4. The summed E-state index contributed by atoms with van der Waals surface area (Å²) in [5.74, 6) is -0.605. The molecular weight excluding hydrogens is 532 g/mol. The molecule has 2 aromatic carbocycles. The van der Waals surface area contributed by atoms with Crippen molar-refractivity contribution in [3.8, 4) is 5.75 Å². The summed E-state index contributed by atoms with van der Waals surface area (Å²) in [5.41, 5.74) is 0.254. The van der Waals surface area contributed by atoms with Crippen LogP contribution in [-0.4, -0.2) is 16.8 Å². The number of ether oxygens (including phenoxy) is 1. The number of nitrogens with one attached hydrogen (secondary N) is 1. The number of para-hydroxylation sites is 1. The zero-order chi connectivity index (χ0) is 22.8. The predicted octanol–water partition coefficient (Wildman–Crippen LogP) is 6.32. The van der Waals surface area contributed by atoms with Crippen molar-refractivity contribution in [2.45, 2.75) is 52.0 Å². The number of nitro groups is 1. The van der Waals surface area contributed by atoms with Crippen LogP contribution in [0.15, 0.2) is 45.3 Å². The van der Waals surface area contributed by atoms with Gasteiger partial charge in [0.05, 0.1) is 9.40 Å². The second-order valence-electron chi connectivity index (χ2n) is 6.97. The molecule has 0 aliphatic heterocycles. The number of nitrogens with zero attached hydrogens (tertiary/aromatic N) is 1. The summed E-state index contributed by atoms with van der Waals surface area (Å²) in [6.45, 7) is 2.16. The van der Waals surface area contributed by atoms with Crippen LogP contribution >= 0.6 is 31.9 Å². The average molecular weight is 556 g/mol. The normalized spacial score (nSPS) is 10.5. The lowest BCUT2D eigenvalue weighted by Crippen LogP contribution is -2.24. The highest BCUT2D eigenvalue weighted by Gasteiger charge is 2.20. The van der Waals surface area contributed by atoms with Crippen molar-refractivity contribution in [3.63, 3.8) is 0 Å². The fraction of sp³-hybridized carbons (Fsp3) is 0.364. The molecule has 2 rings (SSSR count). The van der Waals surface area contributed by atoms with Crippen LogP contribution in [0.3, 0.4) is 0 Å². The monoisotopic (exact) mass is 554 g/mol. The van der Waals surface area contributed by atoms with Crippen LogP contribution in [0.4, 0.5) is 5.69 Å². The Kier molecular flexibility index (Phi) is 10.1. The lowest BCUT2D eigenvalue weighted by Gasteiger charge is -2.14. The summed E-state index contributed by atoms with van der Waals surface area (Å²) in [5, 5.41) is 13.8. The van der Waals surface area contributed by atoms with E-state index < -0.39 is 10.8 Å². The number of hydrogen-bond donors (Lipinski definition) is 1. The van der Waals surface area contributed by atoms with Gasteiger partial charge in [0.25, 0.3) is 11.6 Å². The minimum atomic E-state index is -0.599. The summed E-state index contributed by atoms with van der Waals surface area (Å²) in [6, 6.07) is 9.21. The molecule has 0 aliphatic carbocycles. The molecule has 0 heterocycles. The van der Waals surface area contributed by atoms with E-state index in [1.807, 2.05) is 0 Å². The Hall–Kier alpha value is -2.26. The molecular formula is C22H24Br2N2O5. The van der Waals surface area contributed by atoms with Crippen LogP contribution in [0.2, 0.25) is 0 Å². The second kappa shape index (κ2) is 12.6. The third kappa shape index (κ3) is 7.74. The molecule has 7 nitrogen and oxygen atoms in total. The SMILES string of the molecule is CCCCCCCC(=O)Oc1c(Br)cc(Br)cc1CNC(=O)c1ccccc1[N+](=O)[O-]. The molecule has 0 saturated carbocycles. The van der Waals surface area contributed by atoms with Crippen LogP contribution in [0.1, 0.15) is 61.4 Å². The third-order valence-electron chi connectivity index (χ3n) is 4.57. The van der Waals surface area contributed by atoms with Gasteiger partial charge in [-0.2, -0.15) is 0 Å². The Morgan fingerprint density at radius 3 is 2.52 bits per heavy atom. The van der Waals surface area contributed by atoms with Crippen LogP contribution < -0.4 is 10.1 Å². The van der Waals surface area contributed by atoms with Gasteiger partial charge in [-0.3, -0.25) is 19.7 Å². The van der Waals surface area contributed by atoms with Gasteiger partial charge in [0.2, 0.25) is 0 Å². The number of halogens is 2. The van der Waals surface area contributed by atoms with Gasteiger partial charge in [-0.05, 0) is 40.5 Å². The molecule has 0 bridgehead atoms. The second-order valence-corrected chi connectivity index (χ2v) is 8.74. The highest BCUT2D eigenvalue weighted by molar-refractivity contribution is 9.11. The Morgan fingerprint density at radius 2 is 1.81 bits per heavy atom. The summed E-state index contributed by atoms with van der Waals surface area (Å²) >= 11 is 6.79. The van der Waals surface area contributed by atoms with Crippen molar-refractivity contribution >= 4 is 49.4 Å². The number of amides is 1. The van der Waals surface area contributed by atoms with Gasteiger partial charge in [-0.1, -0.05) is 60.7 Å². The molecule has 2 aromatic rings. The summed E-state index contributed by atoms with van der Waals surface area (Å²) < 4.78 is 6.87. The quantitative estimate of drug-likeness (QED) is 0.115. The van der Waals surface area contributed by atoms with Crippen LogP contribution in [0.5, 0.6) is 5.75 Å². The minimum absolute atomic E-state index is 0.0298. The van der Waals surface area contributed by atoms with Gasteiger partial charge in [-0.25, -0.2) is 0 Å². The number of rotatable bonds is 11. The maximum atomic E-state index is 12.5. The summed E-state index contributed by atoms with van der Waals surface area (Å²) in [6.07, 6.45) is 5.43. The first kappa shape index (κ1) is 25.0. The predicted molar refractivity (Wildman–Crippen MR) is 125 cm³/mol. The lowest BCUT2D eigenvalue weighted by atomic mass is 10.1. The standard InChI is InChI=1S/C22H24Br2N2O5/c1-2-3-4-5-6-11-20(27)31-21-15(12-16(23)13-18(21)24)14-25-22(28)17-9-7-8-10-19(17)26(29)30/h7-10,12-13H,2-6,11,14H2,1H3,(H,25,28). The van der Waals surface area contributed by atoms with Crippen LogP contribution in [0, 0.1) is 10.1 Å². The Bertz CT molecular complexity index is 949. The lowest BCUT2D eigenvalue weighted by molar-refractivity contribution is -0.385. The molecule has 0 radical (unpaired) electrons. The van der Waals surface area contributed by atoms with E-state index in [2.05, 4.69) is 44.1 Å². The topological polar surface area (TPSA) is 98.5 Å². The molecule has 0 fully saturated rings. The van der Waals surface area contributed by atoms with Crippen molar-refractivity contribution in [3.05, 3.63) is 66.6 Å². The molecule has 0 saturated heterocycles. The highest BCUT2D eigenvalue weighted by atomic mass is 79.9. The number of carbonyl (C=O) groups excluding carboxylic acids is 2. The van der Waals surface area contributed by atoms with Crippen LogP contribution in [-0.2, 0) is 11.3 Å². The van der Waals surface area contributed by atoms with Gasteiger partial charge >= 0.3 is 5.97 Å². The van der Waals surface area contributed by atoms with E-state index in [1.165, 1.54) is 18.2 Å². The first-order chi connectivity index (χ1) is 14.8. The van der Waals surface area contributed by atoms with E-state index in [4.69, 9.17) is 4.74 Å². The van der Waals surface area contributed by atoms with Crippen LogP contribution in [0.25, 0.3) is 0 Å². The Labute approximate surface area is 198 Å². The van der Waals surface area contributed by atoms with E-state index in [0.717, 1.165) is 36.6 Å². The fourth-order valence-corrected chi connectivity index (χ4v) is 4.39. The van der Waals surface area contributed by atoms with Gasteiger partial charge < -0.3 is 10.1 Å². The highest BCUT2D eigenvalue weighted by Crippen LogP contribution is 2.33. The summed E-state index contributed by atoms with van der Waals surface area (Å²) in [7, 11) is 0. The molecule has 0 unspecified atom stereocenters. The largest absolute Gasteiger partial charge is 0.425 e. The average Bonchev–Trinajstić information content (AvgIpc) is 2.73. The van der Waals surface area contributed by atoms with E-state index in [9.17, 15) is 19.7 Å². The maximum Gasteiger partial charge on any atom is 0.311 e. The molecule has 0 aromatic heterocycles. The zero-order valence-electron chi connectivity index (χ0n) is 17.2. The molecule has 31 heavy (non-hydrogen) atoms. The number of nitro benzene ring substituents is 1. The molecule has 1 amide bonds. The van der Waals surface area contributed by atoms with E-state index >= 15 is 0 Å². The van der Waals surface area contributed by atoms with Crippen molar-refractivity contribution in [2.24, 2.45) is 0 Å². The molecule has 9 heteroatoms. The molecule has 1 N–H and O–H groups in total. The smallest absolute Gasteiger partial charge is 0.311 e. The van der Waals surface area contributed by atoms with Crippen molar-refractivity contribution in [2.75, 3.05) is 0 Å². The molecule has 0 aliphatic rings. The Morgan fingerprint density at radius 1 is 1.10 bits per heavy atom. The first-order valence-electron chi connectivity index (χ1n) is 10.0. The number of hydrogen-bond acceptors (Lipinski definition) is 5. The van der Waals surface area contributed by atoms with E-state index in [0.29, 0.717) is 22.2 Å². The van der Waals surface area contributed by atoms with Gasteiger partial charge in [0, 0.05) is 29.1 Å². The molecule has 0 spiro atoms. The maximum absolute atomic E-state index is 12.5. The van der Waals surface area contributed by atoms with E-state index in [-0.39, 0.29) is 23.8 Å². The number of carbonyl (C=O) groups is 2. The summed E-state index contributed by atoms with van der Waals surface area (Å²) in [4.78, 5) is 35.4. The van der Waals surface area contributed by atoms with Crippen molar-refractivity contribution < 1.29 is 19.2 Å². The molecule has 0 atom stereocenters. The van der Waals surface area contributed by atoms with Crippen molar-refractivity contribution in [1.82, 2.24) is 5.32 Å². The van der Waals surface area contributed by atoms with Gasteiger partial charge in [0.15, 0.2) is 0 Å². The van der Waals surface area contributed by atoms with Gasteiger partial charge in [0.1, 0.15) is 11.3 Å². The molecule has 166 valence electrons. The van der Waals surface area contributed by atoms with Crippen molar-refractivity contribution in [1.29, 1.82) is 0 Å². The zero-order valence-corrected chi connectivity index (χ0v) is 20.3. The third-order valence-corrected chi connectivity index (χ3v) is 5.62. The van der Waals surface area contributed by atoms with Gasteiger partial charge in [-0.15, -0.1) is 0 Å². The first-order valence-corrected chi connectivity index (χ1v) is 11.6. The number of benzene rings is 2. The Balaban J connectivity index is 2.08. The van der Waals surface area contributed by atoms with E-state index in [1.54, 1.807) is 18.2 Å².